The van der Waals surface area contributed by atoms with Crippen LogP contribution >= 0.6 is 0 Å². The van der Waals surface area contributed by atoms with Crippen molar-refractivity contribution < 1.29 is 27.2 Å². The molecular weight excluding hydrogens is 346 g/mol. The average Bonchev–Trinajstić information content (AvgIpc) is 2.61. The van der Waals surface area contributed by atoms with Gasteiger partial charge in [-0.1, -0.05) is 12.1 Å². The normalized spacial score (nSPS) is 11.2. The Balaban J connectivity index is 1.80. The van der Waals surface area contributed by atoms with E-state index in [1.165, 1.54) is 25.3 Å². The minimum absolute atomic E-state index is 0.0456. The third kappa shape index (κ3) is 5.56. The highest BCUT2D eigenvalue weighted by molar-refractivity contribution is 7.86. The van der Waals surface area contributed by atoms with Gasteiger partial charge in [0.05, 0.1) is 17.6 Å². The zero-order valence-corrected chi connectivity index (χ0v) is 14.5. The van der Waals surface area contributed by atoms with Crippen molar-refractivity contribution in [3.05, 3.63) is 59.7 Å². The Bertz CT molecular complexity index is 817. The number of benzene rings is 2. The summed E-state index contributed by atoms with van der Waals surface area (Å²) in [5.74, 6) is -0.426. The Hall–Kier alpha value is -2.42. The summed E-state index contributed by atoms with van der Waals surface area (Å²) in [7, 11) is -2.35. The van der Waals surface area contributed by atoms with Crippen molar-refractivity contribution in [2.75, 3.05) is 20.4 Å². The SMILES string of the molecule is COc1ccc(S(=O)(=O)OCNCCc2cccc(C(=O)O)c2)cc1. The van der Waals surface area contributed by atoms with E-state index >= 15 is 0 Å². The maximum atomic E-state index is 12.0. The molecule has 0 spiro atoms. The second-order valence-electron chi connectivity index (χ2n) is 5.15. The minimum atomic E-state index is -3.84. The second-order valence-corrected chi connectivity index (χ2v) is 6.76. The lowest BCUT2D eigenvalue weighted by Crippen LogP contribution is -2.23. The van der Waals surface area contributed by atoms with Gasteiger partial charge in [-0.05, 0) is 48.4 Å². The molecule has 2 N–H and O–H groups in total. The monoisotopic (exact) mass is 365 g/mol. The number of ether oxygens (including phenoxy) is 1. The van der Waals surface area contributed by atoms with E-state index in [0.29, 0.717) is 18.7 Å². The van der Waals surface area contributed by atoms with Gasteiger partial charge in [0.25, 0.3) is 10.1 Å². The van der Waals surface area contributed by atoms with Crippen LogP contribution in [0.4, 0.5) is 0 Å². The highest BCUT2D eigenvalue weighted by Gasteiger charge is 2.14. The first-order valence-electron chi connectivity index (χ1n) is 7.49. The summed E-state index contributed by atoms with van der Waals surface area (Å²) in [6.45, 7) is 0.272. The van der Waals surface area contributed by atoms with Crippen molar-refractivity contribution in [2.24, 2.45) is 0 Å². The predicted octanol–water partition coefficient (Wildman–Crippen LogP) is 1.89. The first-order valence-corrected chi connectivity index (χ1v) is 8.89. The zero-order chi connectivity index (χ0) is 18.3. The summed E-state index contributed by atoms with van der Waals surface area (Å²) in [6, 6.07) is 12.5. The number of carboxylic acid groups (broad SMARTS) is 1. The Morgan fingerprint density at radius 1 is 1.16 bits per heavy atom. The van der Waals surface area contributed by atoms with Crippen LogP contribution < -0.4 is 10.1 Å². The molecule has 0 aromatic heterocycles. The van der Waals surface area contributed by atoms with Crippen molar-refractivity contribution >= 4 is 16.1 Å². The molecule has 7 nitrogen and oxygen atoms in total. The van der Waals surface area contributed by atoms with Gasteiger partial charge in [-0.3, -0.25) is 9.50 Å². The maximum Gasteiger partial charge on any atom is 0.335 e. The molecule has 0 aliphatic rings. The van der Waals surface area contributed by atoms with Gasteiger partial charge in [0, 0.05) is 6.54 Å². The molecule has 134 valence electrons. The van der Waals surface area contributed by atoms with E-state index in [9.17, 15) is 13.2 Å². The van der Waals surface area contributed by atoms with Gasteiger partial charge in [0.1, 0.15) is 12.5 Å². The van der Waals surface area contributed by atoms with E-state index in [-0.39, 0.29) is 17.2 Å². The quantitative estimate of drug-likeness (QED) is 0.397. The van der Waals surface area contributed by atoms with Crippen LogP contribution in [-0.4, -0.2) is 39.9 Å². The number of methoxy groups -OCH3 is 1. The van der Waals surface area contributed by atoms with Crippen molar-refractivity contribution in [1.82, 2.24) is 5.32 Å². The molecular formula is C17H19NO6S. The lowest BCUT2D eigenvalue weighted by molar-refractivity contribution is 0.0696. The molecule has 0 radical (unpaired) electrons. The standard InChI is InChI=1S/C17H19NO6S/c1-23-15-5-7-16(8-6-15)25(21,22)24-12-18-10-9-13-3-2-4-14(11-13)17(19)20/h2-8,11,18H,9-10,12H2,1H3,(H,19,20). The summed E-state index contributed by atoms with van der Waals surface area (Å²) < 4.78 is 33.9. The first-order chi connectivity index (χ1) is 11.9. The fourth-order valence-electron chi connectivity index (χ4n) is 2.09. The van der Waals surface area contributed by atoms with Crippen LogP contribution in [0.3, 0.4) is 0 Å². The van der Waals surface area contributed by atoms with Crippen LogP contribution in [-0.2, 0) is 20.7 Å². The molecule has 2 rings (SSSR count). The molecule has 0 atom stereocenters. The van der Waals surface area contributed by atoms with E-state index in [1.54, 1.807) is 24.3 Å². The number of carboxylic acids is 1. The lowest BCUT2D eigenvalue weighted by atomic mass is 10.1. The second kappa shape index (κ2) is 8.61. The fourth-order valence-corrected chi connectivity index (χ4v) is 2.94. The smallest absolute Gasteiger partial charge is 0.335 e. The topological polar surface area (TPSA) is 102 Å². The molecule has 25 heavy (non-hydrogen) atoms. The van der Waals surface area contributed by atoms with E-state index in [1.807, 2.05) is 6.07 Å². The van der Waals surface area contributed by atoms with Crippen molar-refractivity contribution in [1.29, 1.82) is 0 Å². The third-order valence-electron chi connectivity index (χ3n) is 3.43. The van der Waals surface area contributed by atoms with Crippen LogP contribution in [0, 0.1) is 0 Å². The van der Waals surface area contributed by atoms with Crippen molar-refractivity contribution in [2.45, 2.75) is 11.3 Å². The maximum absolute atomic E-state index is 12.0. The van der Waals surface area contributed by atoms with Crippen molar-refractivity contribution in [3.8, 4) is 5.75 Å². The molecule has 0 saturated carbocycles. The van der Waals surface area contributed by atoms with Gasteiger partial charge in [0.15, 0.2) is 0 Å². The largest absolute Gasteiger partial charge is 0.497 e. The Morgan fingerprint density at radius 3 is 2.52 bits per heavy atom. The number of hydrogen-bond donors (Lipinski definition) is 2. The molecule has 2 aromatic rings. The van der Waals surface area contributed by atoms with E-state index in [4.69, 9.17) is 14.0 Å². The Labute approximate surface area is 146 Å². The van der Waals surface area contributed by atoms with Gasteiger partial charge in [-0.2, -0.15) is 8.42 Å². The average molecular weight is 365 g/mol. The summed E-state index contributed by atoms with van der Waals surface area (Å²) in [6.07, 6.45) is 0.549. The van der Waals surface area contributed by atoms with Crippen LogP contribution in [0.5, 0.6) is 5.75 Å². The molecule has 0 bridgehead atoms. The van der Waals surface area contributed by atoms with Gasteiger partial charge in [-0.15, -0.1) is 0 Å². The third-order valence-corrected chi connectivity index (χ3v) is 4.71. The van der Waals surface area contributed by atoms with Gasteiger partial charge in [0.2, 0.25) is 0 Å². The molecule has 0 heterocycles. The molecule has 0 aliphatic carbocycles. The van der Waals surface area contributed by atoms with Gasteiger partial charge < -0.3 is 9.84 Å². The Kier molecular flexibility index (Phi) is 6.51. The molecule has 0 aliphatic heterocycles. The molecule has 8 heteroatoms. The Morgan fingerprint density at radius 2 is 1.88 bits per heavy atom. The highest BCUT2D eigenvalue weighted by atomic mass is 32.2. The lowest BCUT2D eigenvalue weighted by Gasteiger charge is -2.08. The summed E-state index contributed by atoms with van der Waals surface area (Å²) in [5.41, 5.74) is 1.06. The van der Waals surface area contributed by atoms with E-state index in [2.05, 4.69) is 5.32 Å². The highest BCUT2D eigenvalue weighted by Crippen LogP contribution is 2.17. The number of hydrogen-bond acceptors (Lipinski definition) is 6. The van der Waals surface area contributed by atoms with Crippen LogP contribution in [0.15, 0.2) is 53.4 Å². The van der Waals surface area contributed by atoms with Gasteiger partial charge in [-0.25, -0.2) is 4.79 Å². The minimum Gasteiger partial charge on any atom is -0.497 e. The van der Waals surface area contributed by atoms with Crippen molar-refractivity contribution in [3.63, 3.8) is 0 Å². The molecule has 0 unspecified atom stereocenters. The predicted molar refractivity (Wildman–Crippen MR) is 91.2 cm³/mol. The first kappa shape index (κ1) is 18.9. The number of rotatable bonds is 9. The number of nitrogens with one attached hydrogen (secondary N) is 1. The fraction of sp³-hybridized carbons (Fsp3) is 0.235. The van der Waals surface area contributed by atoms with Crippen LogP contribution in [0.25, 0.3) is 0 Å². The summed E-state index contributed by atoms with van der Waals surface area (Å²) in [4.78, 5) is 11.0. The summed E-state index contributed by atoms with van der Waals surface area (Å²) >= 11 is 0. The van der Waals surface area contributed by atoms with E-state index < -0.39 is 16.1 Å². The van der Waals surface area contributed by atoms with Gasteiger partial charge >= 0.3 is 5.97 Å². The molecule has 0 amide bonds. The van der Waals surface area contributed by atoms with E-state index in [0.717, 1.165) is 5.56 Å². The molecule has 0 saturated heterocycles. The molecule has 2 aromatic carbocycles. The summed E-state index contributed by atoms with van der Waals surface area (Å²) in [5, 5.41) is 11.8. The molecule has 0 fully saturated rings. The van der Waals surface area contributed by atoms with Crippen LogP contribution in [0.2, 0.25) is 0 Å². The van der Waals surface area contributed by atoms with Crippen LogP contribution in [0.1, 0.15) is 15.9 Å². The zero-order valence-electron chi connectivity index (χ0n) is 13.6. The number of aromatic carboxylic acids is 1. The number of carbonyl (C=O) groups is 1.